The van der Waals surface area contributed by atoms with E-state index in [9.17, 15) is 4.79 Å². The molecule has 1 aliphatic carbocycles. The fraction of sp³-hybridized carbons (Fsp3) is 0.500. The Morgan fingerprint density at radius 3 is 2.53 bits per heavy atom. The van der Waals surface area contributed by atoms with Crippen molar-refractivity contribution < 1.29 is 4.79 Å². The predicted molar refractivity (Wildman–Crippen MR) is 83.1 cm³/mol. The number of hydrogen-bond acceptors (Lipinski definition) is 1. The Morgan fingerprint density at radius 1 is 1.11 bits per heavy atom. The van der Waals surface area contributed by atoms with Crippen molar-refractivity contribution in [3.8, 4) is 0 Å². The molecule has 0 N–H and O–H groups in total. The maximum Gasteiger partial charge on any atom is 0.142 e. The van der Waals surface area contributed by atoms with Crippen molar-refractivity contribution in [3.63, 3.8) is 0 Å². The third kappa shape index (κ3) is 5.42. The summed E-state index contributed by atoms with van der Waals surface area (Å²) in [6, 6.07) is 0. The van der Waals surface area contributed by atoms with Gasteiger partial charge in [-0.1, -0.05) is 49.8 Å². The number of rotatable bonds is 6. The summed E-state index contributed by atoms with van der Waals surface area (Å²) >= 11 is 0. The molecule has 0 fully saturated rings. The summed E-state index contributed by atoms with van der Waals surface area (Å²) in [7, 11) is 0. The molecule has 0 aromatic heterocycles. The summed E-state index contributed by atoms with van der Waals surface area (Å²) in [5.74, 6) is 0. The van der Waals surface area contributed by atoms with E-state index in [0.717, 1.165) is 19.1 Å². The molecule has 0 amide bonds. The van der Waals surface area contributed by atoms with E-state index in [-0.39, 0.29) is 0 Å². The molecule has 0 unspecified atom stereocenters. The Kier molecular flexibility index (Phi) is 6.55. The molecule has 0 bridgehead atoms. The molecule has 0 aliphatic heterocycles. The summed E-state index contributed by atoms with van der Waals surface area (Å²) in [4.78, 5) is 10.1. The van der Waals surface area contributed by atoms with Crippen LogP contribution in [-0.4, -0.2) is 6.29 Å². The van der Waals surface area contributed by atoms with E-state index in [1.165, 1.54) is 30.9 Å². The molecule has 0 saturated carbocycles. The fourth-order valence-corrected chi connectivity index (χ4v) is 2.69. The van der Waals surface area contributed by atoms with Crippen LogP contribution in [0, 0.1) is 5.41 Å². The first-order valence-corrected chi connectivity index (χ1v) is 7.21. The minimum atomic E-state index is 0.335. The average molecular weight is 258 g/mol. The van der Waals surface area contributed by atoms with E-state index in [4.69, 9.17) is 0 Å². The van der Waals surface area contributed by atoms with Crippen molar-refractivity contribution in [1.29, 1.82) is 0 Å². The quantitative estimate of drug-likeness (QED) is 0.278. The molecule has 0 radical (unpaired) electrons. The SMILES string of the molecule is CC1=C(/C=C/CC/C=C/C=C/C=O)C(C)(C)CCC1. The Labute approximate surface area is 117 Å². The first-order valence-electron chi connectivity index (χ1n) is 7.21. The lowest BCUT2D eigenvalue weighted by atomic mass is 9.72. The lowest BCUT2D eigenvalue weighted by Gasteiger charge is -2.32. The van der Waals surface area contributed by atoms with Crippen molar-refractivity contribution in [2.45, 2.75) is 52.9 Å². The van der Waals surface area contributed by atoms with Gasteiger partial charge < -0.3 is 0 Å². The van der Waals surface area contributed by atoms with Gasteiger partial charge in [-0.25, -0.2) is 0 Å². The molecule has 0 spiro atoms. The van der Waals surface area contributed by atoms with Gasteiger partial charge in [0.2, 0.25) is 0 Å². The average Bonchev–Trinajstić information content (AvgIpc) is 2.35. The number of aldehydes is 1. The van der Waals surface area contributed by atoms with Crippen molar-refractivity contribution in [2.24, 2.45) is 5.41 Å². The molecule has 19 heavy (non-hydrogen) atoms. The van der Waals surface area contributed by atoms with Gasteiger partial charge in [0.1, 0.15) is 6.29 Å². The molecule has 0 aromatic carbocycles. The Bertz CT molecular complexity index is 405. The Balaban J connectivity index is 2.46. The summed E-state index contributed by atoms with van der Waals surface area (Å²) < 4.78 is 0. The Morgan fingerprint density at radius 2 is 1.84 bits per heavy atom. The molecule has 1 nitrogen and oxygen atoms in total. The van der Waals surface area contributed by atoms with E-state index >= 15 is 0 Å². The van der Waals surface area contributed by atoms with Gasteiger partial charge in [-0.05, 0) is 56.1 Å². The van der Waals surface area contributed by atoms with Gasteiger partial charge in [-0.3, -0.25) is 4.79 Å². The van der Waals surface area contributed by atoms with Crippen molar-refractivity contribution in [3.05, 3.63) is 47.6 Å². The van der Waals surface area contributed by atoms with Crippen LogP contribution in [0.3, 0.4) is 0 Å². The smallest absolute Gasteiger partial charge is 0.142 e. The van der Waals surface area contributed by atoms with Gasteiger partial charge in [-0.15, -0.1) is 0 Å². The van der Waals surface area contributed by atoms with Crippen LogP contribution in [0.1, 0.15) is 52.9 Å². The molecule has 0 heterocycles. The van der Waals surface area contributed by atoms with E-state index in [2.05, 4.69) is 39.0 Å². The van der Waals surface area contributed by atoms with Crippen LogP contribution in [0.2, 0.25) is 0 Å². The molecule has 0 aromatic rings. The normalized spacial score (nSPS) is 19.9. The summed E-state index contributed by atoms with van der Waals surface area (Å²) in [5, 5.41) is 0. The maximum atomic E-state index is 10.1. The molecular weight excluding hydrogens is 232 g/mol. The highest BCUT2D eigenvalue weighted by molar-refractivity contribution is 5.65. The number of allylic oxidation sites excluding steroid dienone is 8. The van der Waals surface area contributed by atoms with E-state index in [0.29, 0.717) is 5.41 Å². The molecule has 1 heteroatoms. The van der Waals surface area contributed by atoms with Crippen LogP contribution in [0.25, 0.3) is 0 Å². The highest BCUT2D eigenvalue weighted by atomic mass is 16.1. The summed E-state index contributed by atoms with van der Waals surface area (Å²) in [6.45, 7) is 6.96. The second-order valence-corrected chi connectivity index (χ2v) is 5.86. The molecule has 1 aliphatic rings. The first-order chi connectivity index (χ1) is 9.08. The lowest BCUT2D eigenvalue weighted by Crippen LogP contribution is -2.18. The number of carbonyl (C=O) groups is 1. The molecule has 0 atom stereocenters. The number of hydrogen-bond donors (Lipinski definition) is 0. The predicted octanol–water partition coefficient (Wildman–Crippen LogP) is 5.16. The largest absolute Gasteiger partial charge is 0.299 e. The van der Waals surface area contributed by atoms with Gasteiger partial charge in [0.25, 0.3) is 0 Å². The molecule has 0 saturated heterocycles. The topological polar surface area (TPSA) is 17.1 Å². The first kappa shape index (κ1) is 15.7. The zero-order valence-corrected chi connectivity index (χ0v) is 12.5. The summed E-state index contributed by atoms with van der Waals surface area (Å²) in [5.41, 5.74) is 3.42. The van der Waals surface area contributed by atoms with Gasteiger partial charge in [0.05, 0.1) is 0 Å². The van der Waals surface area contributed by atoms with Gasteiger partial charge in [0.15, 0.2) is 0 Å². The van der Waals surface area contributed by atoms with Crippen LogP contribution < -0.4 is 0 Å². The minimum Gasteiger partial charge on any atom is -0.299 e. The van der Waals surface area contributed by atoms with Crippen molar-refractivity contribution >= 4 is 6.29 Å². The number of unbranched alkanes of at least 4 members (excludes halogenated alkanes) is 1. The highest BCUT2D eigenvalue weighted by Crippen LogP contribution is 2.40. The van der Waals surface area contributed by atoms with Crippen LogP contribution in [0.4, 0.5) is 0 Å². The van der Waals surface area contributed by atoms with Crippen LogP contribution >= 0.6 is 0 Å². The standard InChI is InChI=1S/C18H26O/c1-16-12-11-14-18(2,3)17(16)13-9-7-5-4-6-8-10-15-19/h4,6,8-10,13,15H,5,7,11-12,14H2,1-3H3/b6-4+,10-8+,13-9+. The van der Waals surface area contributed by atoms with Crippen molar-refractivity contribution in [2.75, 3.05) is 0 Å². The Hall–Kier alpha value is -1.37. The van der Waals surface area contributed by atoms with E-state index in [1.54, 1.807) is 11.6 Å². The fourth-order valence-electron chi connectivity index (χ4n) is 2.69. The maximum absolute atomic E-state index is 10.1. The zero-order chi connectivity index (χ0) is 14.1. The monoisotopic (exact) mass is 258 g/mol. The van der Waals surface area contributed by atoms with Gasteiger partial charge in [-0.2, -0.15) is 0 Å². The molecule has 104 valence electrons. The minimum absolute atomic E-state index is 0.335. The van der Waals surface area contributed by atoms with Gasteiger partial charge >= 0.3 is 0 Å². The van der Waals surface area contributed by atoms with E-state index < -0.39 is 0 Å². The molecular formula is C18H26O. The highest BCUT2D eigenvalue weighted by Gasteiger charge is 2.26. The van der Waals surface area contributed by atoms with Crippen molar-refractivity contribution in [1.82, 2.24) is 0 Å². The van der Waals surface area contributed by atoms with E-state index in [1.807, 2.05) is 6.08 Å². The van der Waals surface area contributed by atoms with Crippen LogP contribution in [0.5, 0.6) is 0 Å². The number of carbonyl (C=O) groups excluding carboxylic acids is 1. The lowest BCUT2D eigenvalue weighted by molar-refractivity contribution is -0.104. The third-order valence-electron chi connectivity index (χ3n) is 3.76. The second kappa shape index (κ2) is 7.93. The van der Waals surface area contributed by atoms with Crippen LogP contribution in [0.15, 0.2) is 47.6 Å². The summed E-state index contributed by atoms with van der Waals surface area (Å²) in [6.07, 6.45) is 18.6. The zero-order valence-electron chi connectivity index (χ0n) is 12.5. The second-order valence-electron chi connectivity index (χ2n) is 5.86. The van der Waals surface area contributed by atoms with Gasteiger partial charge in [0, 0.05) is 0 Å². The van der Waals surface area contributed by atoms with Crippen LogP contribution in [-0.2, 0) is 4.79 Å². The molecule has 1 rings (SSSR count). The third-order valence-corrected chi connectivity index (χ3v) is 3.76.